The second kappa shape index (κ2) is 4.64. The lowest BCUT2D eigenvalue weighted by atomic mass is 10.3. The molecule has 0 bridgehead atoms. The standard InChI is InChI=1S/C10H11BrFNO3S/c11-9-5-7(12)1-2-10(9)17(15,16)13-4-3-8(14)6-13/h1-2,5,8,14H,3-4,6H2/t8-/m0/s1. The number of aliphatic hydroxyl groups excluding tert-OH is 1. The maximum Gasteiger partial charge on any atom is 0.244 e. The molecule has 0 saturated carbocycles. The van der Waals surface area contributed by atoms with Crippen LogP contribution in [0.1, 0.15) is 6.42 Å². The summed E-state index contributed by atoms with van der Waals surface area (Å²) in [5.74, 6) is -0.503. The van der Waals surface area contributed by atoms with Gasteiger partial charge in [-0.2, -0.15) is 4.31 Å². The van der Waals surface area contributed by atoms with Crippen molar-refractivity contribution in [1.29, 1.82) is 0 Å². The Kier molecular flexibility index (Phi) is 3.53. The number of β-amino-alcohol motifs (C(OH)–C–C–N with tert-alkyl or cyclic N) is 1. The van der Waals surface area contributed by atoms with E-state index in [0.717, 1.165) is 12.1 Å². The largest absolute Gasteiger partial charge is 0.392 e. The molecule has 17 heavy (non-hydrogen) atoms. The Bertz CT molecular complexity index is 534. The highest BCUT2D eigenvalue weighted by Gasteiger charge is 2.32. The molecule has 1 saturated heterocycles. The van der Waals surface area contributed by atoms with Crippen LogP contribution in [0.4, 0.5) is 4.39 Å². The van der Waals surface area contributed by atoms with Crippen LogP contribution in [0, 0.1) is 5.82 Å². The molecule has 0 amide bonds. The summed E-state index contributed by atoms with van der Waals surface area (Å²) in [4.78, 5) is 0.0213. The first kappa shape index (κ1) is 12.9. The molecule has 1 aromatic carbocycles. The molecule has 1 aliphatic rings. The highest BCUT2D eigenvalue weighted by atomic mass is 79.9. The average molecular weight is 324 g/mol. The Labute approximate surface area is 107 Å². The van der Waals surface area contributed by atoms with Crippen LogP contribution in [0.15, 0.2) is 27.6 Å². The highest BCUT2D eigenvalue weighted by molar-refractivity contribution is 9.10. The predicted octanol–water partition coefficient (Wildman–Crippen LogP) is 1.34. The summed E-state index contributed by atoms with van der Waals surface area (Å²) >= 11 is 3.04. The van der Waals surface area contributed by atoms with Crippen molar-refractivity contribution in [2.24, 2.45) is 0 Å². The number of benzene rings is 1. The van der Waals surface area contributed by atoms with Crippen molar-refractivity contribution in [3.63, 3.8) is 0 Å². The van der Waals surface area contributed by atoms with Crippen molar-refractivity contribution in [3.05, 3.63) is 28.5 Å². The first-order valence-corrected chi connectivity index (χ1v) is 7.28. The molecule has 94 valence electrons. The third kappa shape index (κ3) is 2.52. The van der Waals surface area contributed by atoms with Crippen molar-refractivity contribution < 1.29 is 17.9 Å². The Morgan fingerprint density at radius 1 is 1.47 bits per heavy atom. The van der Waals surface area contributed by atoms with E-state index in [1.807, 2.05) is 0 Å². The van der Waals surface area contributed by atoms with E-state index in [1.165, 1.54) is 10.4 Å². The van der Waals surface area contributed by atoms with Gasteiger partial charge in [0.05, 0.1) is 11.0 Å². The molecule has 2 rings (SSSR count). The molecular formula is C10H11BrFNO3S. The molecule has 0 spiro atoms. The minimum atomic E-state index is -3.66. The van der Waals surface area contributed by atoms with E-state index < -0.39 is 21.9 Å². The van der Waals surface area contributed by atoms with Crippen LogP contribution >= 0.6 is 15.9 Å². The van der Waals surface area contributed by atoms with Gasteiger partial charge in [0, 0.05) is 17.6 Å². The summed E-state index contributed by atoms with van der Waals surface area (Å²) in [5, 5.41) is 9.35. The van der Waals surface area contributed by atoms with Gasteiger partial charge in [-0.05, 0) is 40.5 Å². The third-order valence-corrected chi connectivity index (χ3v) is 5.48. The Hall–Kier alpha value is -0.500. The zero-order chi connectivity index (χ0) is 12.6. The number of aliphatic hydroxyl groups is 1. The van der Waals surface area contributed by atoms with Crippen LogP contribution < -0.4 is 0 Å². The predicted molar refractivity (Wildman–Crippen MR) is 63.5 cm³/mol. The second-order valence-electron chi connectivity index (χ2n) is 3.88. The summed E-state index contributed by atoms with van der Waals surface area (Å²) in [6.07, 6.45) is -0.193. The normalized spacial score (nSPS) is 21.9. The van der Waals surface area contributed by atoms with Crippen molar-refractivity contribution in [2.75, 3.05) is 13.1 Å². The van der Waals surface area contributed by atoms with E-state index in [4.69, 9.17) is 0 Å². The molecule has 0 radical (unpaired) electrons. The van der Waals surface area contributed by atoms with Crippen molar-refractivity contribution >= 4 is 26.0 Å². The van der Waals surface area contributed by atoms with Crippen molar-refractivity contribution in [3.8, 4) is 0 Å². The number of hydrogen-bond donors (Lipinski definition) is 1. The van der Waals surface area contributed by atoms with Gasteiger partial charge in [-0.3, -0.25) is 0 Å². The molecule has 1 fully saturated rings. The summed E-state index contributed by atoms with van der Waals surface area (Å²) in [6, 6.07) is 3.43. The molecule has 1 N–H and O–H groups in total. The van der Waals surface area contributed by atoms with Gasteiger partial charge in [0.15, 0.2) is 0 Å². The van der Waals surface area contributed by atoms with Crippen molar-refractivity contribution in [2.45, 2.75) is 17.4 Å². The van der Waals surface area contributed by atoms with E-state index in [0.29, 0.717) is 6.42 Å². The lowest BCUT2D eigenvalue weighted by molar-refractivity contribution is 0.189. The molecule has 4 nitrogen and oxygen atoms in total. The number of halogens is 2. The molecule has 0 aliphatic carbocycles. The molecule has 1 aliphatic heterocycles. The van der Waals surface area contributed by atoms with Gasteiger partial charge >= 0.3 is 0 Å². The SMILES string of the molecule is O=S(=O)(c1ccc(F)cc1Br)N1CC[C@H](O)C1. The topological polar surface area (TPSA) is 57.6 Å². The number of sulfonamides is 1. The Morgan fingerprint density at radius 3 is 2.71 bits per heavy atom. The average Bonchev–Trinajstić information content (AvgIpc) is 2.64. The van der Waals surface area contributed by atoms with E-state index >= 15 is 0 Å². The van der Waals surface area contributed by atoms with Gasteiger partial charge in [0.1, 0.15) is 5.82 Å². The monoisotopic (exact) mass is 323 g/mol. The van der Waals surface area contributed by atoms with Gasteiger partial charge < -0.3 is 5.11 Å². The van der Waals surface area contributed by atoms with Gasteiger partial charge in [-0.15, -0.1) is 0 Å². The maximum absolute atomic E-state index is 12.9. The van der Waals surface area contributed by atoms with Gasteiger partial charge in [0.25, 0.3) is 0 Å². The Morgan fingerprint density at radius 2 is 2.18 bits per heavy atom. The molecule has 0 aromatic heterocycles. The molecule has 7 heteroatoms. The van der Waals surface area contributed by atoms with Gasteiger partial charge in [0.2, 0.25) is 10.0 Å². The van der Waals surface area contributed by atoms with Crippen molar-refractivity contribution in [1.82, 2.24) is 4.31 Å². The van der Waals surface area contributed by atoms with Gasteiger partial charge in [-0.1, -0.05) is 0 Å². The van der Waals surface area contributed by atoms with Crippen LogP contribution in [0.25, 0.3) is 0 Å². The van der Waals surface area contributed by atoms with Crippen LogP contribution in [-0.2, 0) is 10.0 Å². The fraction of sp³-hybridized carbons (Fsp3) is 0.400. The lowest BCUT2D eigenvalue weighted by Gasteiger charge is -2.16. The van der Waals surface area contributed by atoms with E-state index in [1.54, 1.807) is 0 Å². The molecule has 1 heterocycles. The molecule has 0 unspecified atom stereocenters. The number of nitrogens with zero attached hydrogens (tertiary/aromatic N) is 1. The summed E-state index contributed by atoms with van der Waals surface area (Å²) in [5.41, 5.74) is 0. The minimum absolute atomic E-state index is 0.0213. The molecule has 1 atom stereocenters. The highest BCUT2D eigenvalue weighted by Crippen LogP contribution is 2.27. The lowest BCUT2D eigenvalue weighted by Crippen LogP contribution is -2.30. The van der Waals surface area contributed by atoms with E-state index in [9.17, 15) is 17.9 Å². The summed E-state index contributed by atoms with van der Waals surface area (Å²) in [7, 11) is -3.66. The maximum atomic E-state index is 12.9. The Balaban J connectivity index is 2.38. The number of hydrogen-bond acceptors (Lipinski definition) is 3. The molecule has 1 aromatic rings. The van der Waals surface area contributed by atoms with Gasteiger partial charge in [-0.25, -0.2) is 12.8 Å². The zero-order valence-corrected chi connectivity index (χ0v) is 11.2. The fourth-order valence-corrected chi connectivity index (χ4v) is 4.25. The third-order valence-electron chi connectivity index (χ3n) is 2.64. The zero-order valence-electron chi connectivity index (χ0n) is 8.81. The van der Waals surface area contributed by atoms with E-state index in [-0.39, 0.29) is 22.5 Å². The summed E-state index contributed by atoms with van der Waals surface area (Å²) < 4.78 is 38.6. The first-order valence-electron chi connectivity index (χ1n) is 5.04. The second-order valence-corrected chi connectivity index (χ2v) is 6.64. The van der Waals surface area contributed by atoms with Crippen LogP contribution in [0.5, 0.6) is 0 Å². The van der Waals surface area contributed by atoms with Crippen LogP contribution in [0.3, 0.4) is 0 Å². The van der Waals surface area contributed by atoms with Crippen LogP contribution in [-0.4, -0.2) is 37.0 Å². The molecular weight excluding hydrogens is 313 g/mol. The van der Waals surface area contributed by atoms with E-state index in [2.05, 4.69) is 15.9 Å². The first-order chi connectivity index (χ1) is 7.91. The smallest absolute Gasteiger partial charge is 0.244 e. The minimum Gasteiger partial charge on any atom is -0.392 e. The van der Waals surface area contributed by atoms with Crippen LogP contribution in [0.2, 0.25) is 0 Å². The quantitative estimate of drug-likeness (QED) is 0.893. The fourth-order valence-electron chi connectivity index (χ4n) is 1.75. The summed E-state index contributed by atoms with van der Waals surface area (Å²) in [6.45, 7) is 0.374. The number of rotatable bonds is 2.